The van der Waals surface area contributed by atoms with Gasteiger partial charge < -0.3 is 10.2 Å². The van der Waals surface area contributed by atoms with Gasteiger partial charge >= 0.3 is 0 Å². The number of nitrogens with zero attached hydrogens (tertiary/aromatic N) is 1. The second-order valence-electron chi connectivity index (χ2n) is 5.27. The monoisotopic (exact) mass is 210 g/mol. The van der Waals surface area contributed by atoms with Crippen molar-refractivity contribution in [2.45, 2.75) is 51.6 Å². The Balaban J connectivity index is 1.82. The van der Waals surface area contributed by atoms with Crippen LogP contribution < -0.4 is 5.32 Å². The van der Waals surface area contributed by atoms with E-state index in [0.29, 0.717) is 23.9 Å². The van der Waals surface area contributed by atoms with Gasteiger partial charge in [0.2, 0.25) is 5.91 Å². The molecule has 1 saturated carbocycles. The Hall–Kier alpha value is -0.570. The fraction of sp³-hybridized carbons (Fsp3) is 0.917. The van der Waals surface area contributed by atoms with Crippen molar-refractivity contribution in [2.75, 3.05) is 13.1 Å². The number of hydrogen-bond acceptors (Lipinski definition) is 2. The highest BCUT2D eigenvalue weighted by Crippen LogP contribution is 2.30. The normalized spacial score (nSPS) is 32.5. The zero-order valence-corrected chi connectivity index (χ0v) is 9.83. The summed E-state index contributed by atoms with van der Waals surface area (Å²) in [6, 6.07) is 0.887. The van der Waals surface area contributed by atoms with Crippen molar-refractivity contribution < 1.29 is 4.79 Å². The Morgan fingerprint density at radius 2 is 1.87 bits per heavy atom. The molecule has 1 aliphatic carbocycles. The maximum absolute atomic E-state index is 12.0. The molecular formula is C12H22N2O. The molecule has 1 saturated heterocycles. The van der Waals surface area contributed by atoms with Crippen molar-refractivity contribution >= 4 is 5.91 Å². The van der Waals surface area contributed by atoms with E-state index in [1.54, 1.807) is 0 Å². The molecule has 1 aliphatic heterocycles. The molecule has 1 amide bonds. The summed E-state index contributed by atoms with van der Waals surface area (Å²) in [5, 5.41) is 3.45. The molecule has 2 unspecified atom stereocenters. The van der Waals surface area contributed by atoms with Crippen LogP contribution in [0.3, 0.4) is 0 Å². The lowest BCUT2D eigenvalue weighted by molar-refractivity contribution is -0.134. The molecule has 0 aromatic carbocycles. The van der Waals surface area contributed by atoms with Crippen LogP contribution in [-0.2, 0) is 4.79 Å². The fourth-order valence-electron chi connectivity index (χ4n) is 2.60. The lowest BCUT2D eigenvalue weighted by Crippen LogP contribution is -2.56. The van der Waals surface area contributed by atoms with E-state index in [2.05, 4.69) is 19.2 Å². The molecule has 0 bridgehead atoms. The molecule has 2 fully saturated rings. The van der Waals surface area contributed by atoms with Crippen LogP contribution in [0.5, 0.6) is 0 Å². The Morgan fingerprint density at radius 3 is 2.33 bits per heavy atom. The second-order valence-corrected chi connectivity index (χ2v) is 5.27. The third-order valence-corrected chi connectivity index (χ3v) is 3.60. The van der Waals surface area contributed by atoms with Gasteiger partial charge in [-0.3, -0.25) is 4.79 Å². The van der Waals surface area contributed by atoms with Crippen LogP contribution in [0.25, 0.3) is 0 Å². The van der Waals surface area contributed by atoms with Crippen molar-refractivity contribution in [3.63, 3.8) is 0 Å². The Bertz CT molecular complexity index is 228. The van der Waals surface area contributed by atoms with Gasteiger partial charge in [-0.1, -0.05) is 6.42 Å². The van der Waals surface area contributed by atoms with Crippen LogP contribution in [0.1, 0.15) is 39.5 Å². The number of nitrogens with one attached hydrogen (secondary N) is 1. The molecular weight excluding hydrogens is 188 g/mol. The zero-order valence-electron chi connectivity index (χ0n) is 9.83. The molecule has 0 radical (unpaired) electrons. The topological polar surface area (TPSA) is 32.3 Å². The number of carbonyl (C=O) groups is 1. The number of rotatable bonds is 2. The summed E-state index contributed by atoms with van der Waals surface area (Å²) in [5.41, 5.74) is 0. The van der Waals surface area contributed by atoms with Gasteiger partial charge in [-0.25, -0.2) is 0 Å². The SMILES string of the molecule is CC1CN(C(=O)CC2CCC2)CC(C)N1. The molecule has 1 N–H and O–H groups in total. The van der Waals surface area contributed by atoms with Crippen molar-refractivity contribution in [2.24, 2.45) is 5.92 Å². The number of amides is 1. The van der Waals surface area contributed by atoms with Crippen LogP contribution >= 0.6 is 0 Å². The molecule has 86 valence electrons. The summed E-state index contributed by atoms with van der Waals surface area (Å²) in [4.78, 5) is 14.0. The van der Waals surface area contributed by atoms with Gasteiger partial charge in [0.05, 0.1) is 0 Å². The van der Waals surface area contributed by atoms with E-state index in [1.807, 2.05) is 4.90 Å². The first-order chi connectivity index (χ1) is 7.15. The van der Waals surface area contributed by atoms with Gasteiger partial charge in [0.15, 0.2) is 0 Å². The predicted octanol–water partition coefficient (Wildman–Crippen LogP) is 1.39. The van der Waals surface area contributed by atoms with E-state index in [1.165, 1.54) is 19.3 Å². The van der Waals surface area contributed by atoms with Crippen molar-refractivity contribution in [1.82, 2.24) is 10.2 Å². The van der Waals surface area contributed by atoms with Gasteiger partial charge in [-0.05, 0) is 32.6 Å². The molecule has 0 spiro atoms. The van der Waals surface area contributed by atoms with Gasteiger partial charge in [-0.15, -0.1) is 0 Å². The smallest absolute Gasteiger partial charge is 0.222 e. The molecule has 3 heteroatoms. The summed E-state index contributed by atoms with van der Waals surface area (Å²) < 4.78 is 0. The molecule has 2 atom stereocenters. The predicted molar refractivity (Wildman–Crippen MR) is 60.6 cm³/mol. The molecule has 0 aromatic rings. The summed E-state index contributed by atoms with van der Waals surface area (Å²) in [6.45, 7) is 6.07. The summed E-state index contributed by atoms with van der Waals surface area (Å²) in [7, 11) is 0. The van der Waals surface area contributed by atoms with Crippen LogP contribution in [-0.4, -0.2) is 36.0 Å². The number of hydrogen-bond donors (Lipinski definition) is 1. The highest BCUT2D eigenvalue weighted by atomic mass is 16.2. The number of piperazine rings is 1. The Kier molecular flexibility index (Phi) is 3.29. The molecule has 15 heavy (non-hydrogen) atoms. The average molecular weight is 210 g/mol. The minimum absolute atomic E-state index is 0.375. The first-order valence-electron chi connectivity index (χ1n) is 6.19. The molecule has 0 aromatic heterocycles. The highest BCUT2D eigenvalue weighted by Gasteiger charge is 2.28. The average Bonchev–Trinajstić information content (AvgIpc) is 2.09. The third-order valence-electron chi connectivity index (χ3n) is 3.60. The zero-order chi connectivity index (χ0) is 10.8. The lowest BCUT2D eigenvalue weighted by Gasteiger charge is -2.37. The van der Waals surface area contributed by atoms with Crippen molar-refractivity contribution in [3.05, 3.63) is 0 Å². The third kappa shape index (κ3) is 2.71. The van der Waals surface area contributed by atoms with Crippen LogP contribution in [0.4, 0.5) is 0 Å². The van der Waals surface area contributed by atoms with Crippen molar-refractivity contribution in [3.8, 4) is 0 Å². The van der Waals surface area contributed by atoms with E-state index >= 15 is 0 Å². The van der Waals surface area contributed by atoms with E-state index < -0.39 is 0 Å². The van der Waals surface area contributed by atoms with E-state index in [-0.39, 0.29) is 0 Å². The van der Waals surface area contributed by atoms with Crippen LogP contribution in [0.2, 0.25) is 0 Å². The Morgan fingerprint density at radius 1 is 1.27 bits per heavy atom. The van der Waals surface area contributed by atoms with Gasteiger partial charge in [-0.2, -0.15) is 0 Å². The molecule has 3 nitrogen and oxygen atoms in total. The number of carbonyl (C=O) groups excluding carboxylic acids is 1. The van der Waals surface area contributed by atoms with Crippen molar-refractivity contribution in [1.29, 1.82) is 0 Å². The van der Waals surface area contributed by atoms with E-state index in [9.17, 15) is 4.79 Å². The van der Waals surface area contributed by atoms with Gasteiger partial charge in [0, 0.05) is 31.6 Å². The molecule has 1 heterocycles. The maximum Gasteiger partial charge on any atom is 0.222 e. The minimum atomic E-state index is 0.375. The van der Waals surface area contributed by atoms with Crippen LogP contribution in [0, 0.1) is 5.92 Å². The van der Waals surface area contributed by atoms with Crippen LogP contribution in [0.15, 0.2) is 0 Å². The lowest BCUT2D eigenvalue weighted by atomic mass is 9.82. The minimum Gasteiger partial charge on any atom is -0.340 e. The maximum atomic E-state index is 12.0. The first kappa shape index (κ1) is 10.9. The fourth-order valence-corrected chi connectivity index (χ4v) is 2.60. The Labute approximate surface area is 92.2 Å². The second kappa shape index (κ2) is 4.52. The van der Waals surface area contributed by atoms with E-state index in [0.717, 1.165) is 19.5 Å². The summed E-state index contributed by atoms with van der Waals surface area (Å²) >= 11 is 0. The highest BCUT2D eigenvalue weighted by molar-refractivity contribution is 5.76. The van der Waals surface area contributed by atoms with Gasteiger partial charge in [0.25, 0.3) is 0 Å². The first-order valence-corrected chi connectivity index (χ1v) is 6.19. The molecule has 2 aliphatic rings. The standard InChI is InChI=1S/C12H22N2O/c1-9-7-14(8-10(2)13-9)12(15)6-11-4-3-5-11/h9-11,13H,3-8H2,1-2H3. The quantitative estimate of drug-likeness (QED) is 0.747. The summed E-state index contributed by atoms with van der Waals surface area (Å²) in [5.74, 6) is 1.07. The summed E-state index contributed by atoms with van der Waals surface area (Å²) in [6.07, 6.45) is 4.65. The van der Waals surface area contributed by atoms with Gasteiger partial charge in [0.1, 0.15) is 0 Å². The molecule has 2 rings (SSSR count). The largest absolute Gasteiger partial charge is 0.340 e. The van der Waals surface area contributed by atoms with E-state index in [4.69, 9.17) is 0 Å².